The third kappa shape index (κ3) is 3.05. The molecule has 0 unspecified atom stereocenters. The SMILES string of the molecule is O=C1CCCN1C[C@@H](O)CN1CCC[C@H]1c1cccs1. The van der Waals surface area contributed by atoms with E-state index < -0.39 is 6.10 Å². The minimum atomic E-state index is -0.433. The fourth-order valence-corrected chi connectivity index (χ4v) is 4.22. The van der Waals surface area contributed by atoms with Gasteiger partial charge in [-0.25, -0.2) is 0 Å². The Morgan fingerprint density at radius 1 is 1.35 bits per heavy atom. The van der Waals surface area contributed by atoms with Gasteiger partial charge in [0.25, 0.3) is 0 Å². The molecule has 20 heavy (non-hydrogen) atoms. The molecule has 2 aliphatic heterocycles. The minimum absolute atomic E-state index is 0.195. The number of rotatable bonds is 5. The number of hydrogen-bond acceptors (Lipinski definition) is 4. The topological polar surface area (TPSA) is 43.8 Å². The van der Waals surface area contributed by atoms with E-state index in [1.54, 1.807) is 16.2 Å². The lowest BCUT2D eigenvalue weighted by atomic mass is 10.2. The van der Waals surface area contributed by atoms with Gasteiger partial charge in [0.2, 0.25) is 5.91 Å². The quantitative estimate of drug-likeness (QED) is 0.901. The maximum absolute atomic E-state index is 11.6. The van der Waals surface area contributed by atoms with Crippen molar-refractivity contribution in [3.8, 4) is 0 Å². The number of β-amino-alcohol motifs (C(OH)–C–C–N with tert-alkyl or cyclic N) is 1. The van der Waals surface area contributed by atoms with Gasteiger partial charge in [0.1, 0.15) is 0 Å². The van der Waals surface area contributed by atoms with Crippen molar-refractivity contribution in [3.63, 3.8) is 0 Å². The number of amides is 1. The second kappa shape index (κ2) is 6.24. The first kappa shape index (κ1) is 14.0. The first-order valence-corrected chi connectivity index (χ1v) is 8.35. The highest BCUT2D eigenvalue weighted by Crippen LogP contribution is 2.34. The number of carbonyl (C=O) groups is 1. The van der Waals surface area contributed by atoms with E-state index in [4.69, 9.17) is 0 Å². The van der Waals surface area contributed by atoms with Crippen LogP contribution in [0.15, 0.2) is 17.5 Å². The zero-order chi connectivity index (χ0) is 13.9. The van der Waals surface area contributed by atoms with Crippen LogP contribution in [0.1, 0.15) is 36.6 Å². The maximum atomic E-state index is 11.6. The number of carbonyl (C=O) groups excluding carboxylic acids is 1. The summed E-state index contributed by atoms with van der Waals surface area (Å²) in [6, 6.07) is 4.73. The lowest BCUT2D eigenvalue weighted by molar-refractivity contribution is -0.129. The van der Waals surface area contributed by atoms with Crippen LogP contribution in [-0.4, -0.2) is 53.1 Å². The van der Waals surface area contributed by atoms with Crippen LogP contribution in [0.3, 0.4) is 0 Å². The van der Waals surface area contributed by atoms with Crippen molar-refractivity contribution in [2.24, 2.45) is 0 Å². The fraction of sp³-hybridized carbons (Fsp3) is 0.667. The molecule has 2 atom stereocenters. The second-order valence-corrected chi connectivity index (χ2v) is 6.74. The predicted octanol–water partition coefficient (Wildman–Crippen LogP) is 1.87. The van der Waals surface area contributed by atoms with Crippen molar-refractivity contribution < 1.29 is 9.90 Å². The van der Waals surface area contributed by atoms with E-state index in [0.717, 1.165) is 19.5 Å². The lowest BCUT2D eigenvalue weighted by Gasteiger charge is -2.28. The van der Waals surface area contributed by atoms with E-state index in [1.807, 2.05) is 0 Å². The molecule has 5 heteroatoms. The molecular weight excluding hydrogens is 272 g/mol. The van der Waals surface area contributed by atoms with Gasteiger partial charge in [0.15, 0.2) is 0 Å². The summed E-state index contributed by atoms with van der Waals surface area (Å²) in [5, 5.41) is 12.4. The monoisotopic (exact) mass is 294 g/mol. The van der Waals surface area contributed by atoms with Crippen LogP contribution in [0.4, 0.5) is 0 Å². The second-order valence-electron chi connectivity index (χ2n) is 5.77. The molecule has 2 fully saturated rings. The smallest absolute Gasteiger partial charge is 0.222 e. The third-order valence-electron chi connectivity index (χ3n) is 4.28. The van der Waals surface area contributed by atoms with E-state index in [9.17, 15) is 9.90 Å². The number of nitrogens with zero attached hydrogens (tertiary/aromatic N) is 2. The van der Waals surface area contributed by atoms with Crippen LogP contribution in [0.25, 0.3) is 0 Å². The highest BCUT2D eigenvalue weighted by Gasteiger charge is 2.29. The molecule has 1 aromatic heterocycles. The number of hydrogen-bond donors (Lipinski definition) is 1. The summed E-state index contributed by atoms with van der Waals surface area (Å²) in [5.41, 5.74) is 0. The van der Waals surface area contributed by atoms with Gasteiger partial charge in [0.05, 0.1) is 6.10 Å². The van der Waals surface area contributed by atoms with Crippen LogP contribution >= 0.6 is 11.3 Å². The number of aliphatic hydroxyl groups excluding tert-OH is 1. The molecule has 110 valence electrons. The normalized spacial score (nSPS) is 25.6. The summed E-state index contributed by atoms with van der Waals surface area (Å²) in [6.07, 6.45) is 3.52. The number of aliphatic hydroxyl groups is 1. The molecule has 1 N–H and O–H groups in total. The molecule has 1 amide bonds. The van der Waals surface area contributed by atoms with Gasteiger partial charge in [-0.15, -0.1) is 11.3 Å². The van der Waals surface area contributed by atoms with Gasteiger partial charge < -0.3 is 10.0 Å². The standard InChI is InChI=1S/C15H22N2O2S/c18-12(11-17-8-2-6-15(17)19)10-16-7-1-4-13(16)14-5-3-9-20-14/h3,5,9,12-13,18H,1-2,4,6-8,10-11H2/t12-,13-/m0/s1. The molecule has 2 aliphatic rings. The summed E-state index contributed by atoms with van der Waals surface area (Å²) < 4.78 is 0. The summed E-state index contributed by atoms with van der Waals surface area (Å²) in [4.78, 5) is 17.2. The van der Waals surface area contributed by atoms with Gasteiger partial charge in [-0.1, -0.05) is 6.07 Å². The van der Waals surface area contributed by atoms with Gasteiger partial charge in [-0.2, -0.15) is 0 Å². The molecule has 0 bridgehead atoms. The van der Waals surface area contributed by atoms with Crippen molar-refractivity contribution in [2.45, 2.75) is 37.8 Å². The molecule has 4 nitrogen and oxygen atoms in total. The molecule has 0 radical (unpaired) electrons. The molecule has 0 spiro atoms. The summed E-state index contributed by atoms with van der Waals surface area (Å²) in [5.74, 6) is 0.195. The van der Waals surface area contributed by atoms with Crippen molar-refractivity contribution >= 4 is 17.2 Å². The molecule has 0 aliphatic carbocycles. The van der Waals surface area contributed by atoms with E-state index in [1.165, 1.54) is 17.7 Å². The predicted molar refractivity (Wildman–Crippen MR) is 79.7 cm³/mol. The van der Waals surface area contributed by atoms with Crippen molar-refractivity contribution in [2.75, 3.05) is 26.2 Å². The van der Waals surface area contributed by atoms with Crippen molar-refractivity contribution in [1.29, 1.82) is 0 Å². The zero-order valence-corrected chi connectivity index (χ0v) is 12.5. The Morgan fingerprint density at radius 2 is 2.25 bits per heavy atom. The van der Waals surface area contributed by atoms with Gasteiger partial charge >= 0.3 is 0 Å². The fourth-order valence-electron chi connectivity index (χ4n) is 3.33. The third-order valence-corrected chi connectivity index (χ3v) is 5.26. The molecule has 0 saturated carbocycles. The number of thiophene rings is 1. The van der Waals surface area contributed by atoms with Crippen LogP contribution in [0, 0.1) is 0 Å². The largest absolute Gasteiger partial charge is 0.390 e. The average Bonchev–Trinajstić information content (AvgIpc) is 3.11. The Balaban J connectivity index is 1.55. The highest BCUT2D eigenvalue weighted by molar-refractivity contribution is 7.10. The Labute approximate surface area is 124 Å². The van der Waals surface area contributed by atoms with Crippen LogP contribution in [-0.2, 0) is 4.79 Å². The van der Waals surface area contributed by atoms with Crippen LogP contribution in [0.5, 0.6) is 0 Å². The Kier molecular flexibility index (Phi) is 4.38. The molecule has 1 aromatic rings. The van der Waals surface area contributed by atoms with E-state index in [0.29, 0.717) is 25.6 Å². The maximum Gasteiger partial charge on any atom is 0.222 e. The molecule has 0 aromatic carbocycles. The molecule has 3 heterocycles. The van der Waals surface area contributed by atoms with E-state index >= 15 is 0 Å². The summed E-state index contributed by atoms with van der Waals surface area (Å²) in [6.45, 7) is 3.02. The average molecular weight is 294 g/mol. The molecule has 3 rings (SSSR count). The lowest BCUT2D eigenvalue weighted by Crippen LogP contribution is -2.40. The Morgan fingerprint density at radius 3 is 2.95 bits per heavy atom. The zero-order valence-electron chi connectivity index (χ0n) is 11.7. The van der Waals surface area contributed by atoms with Crippen molar-refractivity contribution in [1.82, 2.24) is 9.80 Å². The Bertz CT molecular complexity index is 449. The van der Waals surface area contributed by atoms with Crippen LogP contribution in [0.2, 0.25) is 0 Å². The summed E-state index contributed by atoms with van der Waals surface area (Å²) in [7, 11) is 0. The number of likely N-dealkylation sites (tertiary alicyclic amines) is 2. The van der Waals surface area contributed by atoms with E-state index in [2.05, 4.69) is 22.4 Å². The van der Waals surface area contributed by atoms with Gasteiger partial charge in [-0.05, 0) is 37.3 Å². The first-order chi connectivity index (χ1) is 9.74. The summed E-state index contributed by atoms with van der Waals surface area (Å²) >= 11 is 1.80. The molecular formula is C15H22N2O2S. The van der Waals surface area contributed by atoms with Crippen LogP contribution < -0.4 is 0 Å². The van der Waals surface area contributed by atoms with Gasteiger partial charge in [0, 0.05) is 37.0 Å². The van der Waals surface area contributed by atoms with Gasteiger partial charge in [-0.3, -0.25) is 9.69 Å². The minimum Gasteiger partial charge on any atom is -0.390 e. The van der Waals surface area contributed by atoms with Crippen molar-refractivity contribution in [3.05, 3.63) is 22.4 Å². The molecule has 2 saturated heterocycles. The van der Waals surface area contributed by atoms with E-state index in [-0.39, 0.29) is 5.91 Å². The Hall–Kier alpha value is -0.910. The first-order valence-electron chi connectivity index (χ1n) is 7.47. The highest BCUT2D eigenvalue weighted by atomic mass is 32.1.